The maximum absolute atomic E-state index is 13.2. The molecule has 0 saturated carbocycles. The molecular formula is C25H21N3O2. The van der Waals surface area contributed by atoms with Crippen LogP contribution in [0.4, 0.5) is 5.69 Å². The zero-order chi connectivity index (χ0) is 20.7. The summed E-state index contributed by atoms with van der Waals surface area (Å²) in [7, 11) is 1.73. The fourth-order valence-electron chi connectivity index (χ4n) is 4.15. The Labute approximate surface area is 174 Å². The van der Waals surface area contributed by atoms with Crippen LogP contribution in [0.2, 0.25) is 0 Å². The SMILES string of the molecule is Cn1c(=O)c(C2=NN(c3ccccc3)[C@@H](c3ccccc3)C2)c(O)c2ccccc21. The lowest BCUT2D eigenvalue weighted by atomic mass is 9.97. The van der Waals surface area contributed by atoms with Crippen molar-refractivity contribution in [3.8, 4) is 5.75 Å². The first-order valence-corrected chi connectivity index (χ1v) is 9.93. The van der Waals surface area contributed by atoms with Crippen molar-refractivity contribution in [1.29, 1.82) is 0 Å². The highest BCUT2D eigenvalue weighted by Gasteiger charge is 2.33. The monoisotopic (exact) mass is 395 g/mol. The van der Waals surface area contributed by atoms with Gasteiger partial charge in [-0.25, -0.2) is 0 Å². The fraction of sp³-hybridized carbons (Fsp3) is 0.120. The zero-order valence-corrected chi connectivity index (χ0v) is 16.6. The summed E-state index contributed by atoms with van der Waals surface area (Å²) in [6, 6.07) is 27.3. The van der Waals surface area contributed by atoms with Crippen molar-refractivity contribution in [2.75, 3.05) is 5.01 Å². The average Bonchev–Trinajstić information content (AvgIpc) is 3.24. The lowest BCUT2D eigenvalue weighted by Gasteiger charge is -2.23. The third-order valence-corrected chi connectivity index (χ3v) is 5.68. The second-order valence-corrected chi connectivity index (χ2v) is 7.46. The minimum absolute atomic E-state index is 0.00540. The van der Waals surface area contributed by atoms with Gasteiger partial charge in [0.25, 0.3) is 5.56 Å². The first-order chi connectivity index (χ1) is 14.6. The Morgan fingerprint density at radius 1 is 0.900 bits per heavy atom. The second-order valence-electron chi connectivity index (χ2n) is 7.46. The van der Waals surface area contributed by atoms with E-state index in [-0.39, 0.29) is 22.9 Å². The molecule has 30 heavy (non-hydrogen) atoms. The number of hydrogen-bond acceptors (Lipinski definition) is 4. The Hall–Kier alpha value is -3.86. The van der Waals surface area contributed by atoms with Gasteiger partial charge in [-0.1, -0.05) is 60.7 Å². The molecular weight excluding hydrogens is 374 g/mol. The number of aryl methyl sites for hydroxylation is 1. The van der Waals surface area contributed by atoms with Crippen molar-refractivity contribution in [3.05, 3.63) is 106 Å². The van der Waals surface area contributed by atoms with E-state index in [1.54, 1.807) is 11.6 Å². The Kier molecular flexibility index (Phi) is 4.36. The van der Waals surface area contributed by atoms with Crippen molar-refractivity contribution in [2.45, 2.75) is 12.5 Å². The molecule has 0 spiro atoms. The lowest BCUT2D eigenvalue weighted by Crippen LogP contribution is -2.24. The molecule has 0 saturated heterocycles. The molecule has 148 valence electrons. The molecule has 0 fully saturated rings. The number of anilines is 1. The van der Waals surface area contributed by atoms with Gasteiger partial charge >= 0.3 is 0 Å². The van der Waals surface area contributed by atoms with Gasteiger partial charge in [0, 0.05) is 18.9 Å². The highest BCUT2D eigenvalue weighted by Crippen LogP contribution is 2.38. The van der Waals surface area contributed by atoms with Gasteiger partial charge in [0.2, 0.25) is 0 Å². The van der Waals surface area contributed by atoms with E-state index in [1.807, 2.05) is 77.8 Å². The van der Waals surface area contributed by atoms with E-state index in [2.05, 4.69) is 12.1 Å². The molecule has 1 aromatic heterocycles. The number of fused-ring (bicyclic) bond motifs is 1. The summed E-state index contributed by atoms with van der Waals surface area (Å²) < 4.78 is 1.58. The third-order valence-electron chi connectivity index (χ3n) is 5.68. The molecule has 0 amide bonds. The van der Waals surface area contributed by atoms with Gasteiger partial charge < -0.3 is 9.67 Å². The summed E-state index contributed by atoms with van der Waals surface area (Å²) in [5.41, 5.74) is 3.37. The predicted molar refractivity (Wildman–Crippen MR) is 120 cm³/mol. The summed E-state index contributed by atoms with van der Waals surface area (Å²) in [5, 5.41) is 18.4. The first kappa shape index (κ1) is 18.2. The number of rotatable bonds is 3. The molecule has 3 aromatic carbocycles. The van der Waals surface area contributed by atoms with Crippen LogP contribution in [0.5, 0.6) is 5.75 Å². The van der Waals surface area contributed by atoms with E-state index in [1.165, 1.54) is 0 Å². The molecule has 5 rings (SSSR count). The summed E-state index contributed by atoms with van der Waals surface area (Å²) in [6.07, 6.45) is 0.528. The van der Waals surface area contributed by atoms with Crippen LogP contribution in [-0.4, -0.2) is 15.4 Å². The predicted octanol–water partition coefficient (Wildman–Crippen LogP) is 4.60. The number of hydrogen-bond donors (Lipinski definition) is 1. The Morgan fingerprint density at radius 3 is 2.27 bits per heavy atom. The van der Waals surface area contributed by atoms with Crippen molar-refractivity contribution >= 4 is 22.3 Å². The molecule has 1 aliphatic rings. The van der Waals surface area contributed by atoms with Crippen LogP contribution >= 0.6 is 0 Å². The van der Waals surface area contributed by atoms with Crippen molar-refractivity contribution in [3.63, 3.8) is 0 Å². The number of pyridine rings is 1. The van der Waals surface area contributed by atoms with E-state index < -0.39 is 0 Å². The molecule has 5 nitrogen and oxygen atoms in total. The maximum Gasteiger partial charge on any atom is 0.263 e. The number of nitrogens with zero attached hydrogens (tertiary/aromatic N) is 3. The minimum Gasteiger partial charge on any atom is -0.506 e. The molecule has 0 radical (unpaired) electrons. The number of aromatic nitrogens is 1. The Morgan fingerprint density at radius 2 is 1.53 bits per heavy atom. The summed E-state index contributed by atoms with van der Waals surface area (Å²) in [5.74, 6) is -0.00540. The van der Waals surface area contributed by atoms with E-state index in [9.17, 15) is 9.90 Å². The van der Waals surface area contributed by atoms with Gasteiger partial charge in [0.05, 0.1) is 23.0 Å². The van der Waals surface area contributed by atoms with E-state index in [0.29, 0.717) is 23.0 Å². The van der Waals surface area contributed by atoms with Crippen LogP contribution in [0.1, 0.15) is 23.6 Å². The number of aromatic hydroxyl groups is 1. The summed E-state index contributed by atoms with van der Waals surface area (Å²) in [4.78, 5) is 13.2. The highest BCUT2D eigenvalue weighted by atomic mass is 16.3. The molecule has 2 heterocycles. The summed E-state index contributed by atoms with van der Waals surface area (Å²) in [6.45, 7) is 0. The Balaban J connectivity index is 1.69. The van der Waals surface area contributed by atoms with Crippen molar-refractivity contribution in [2.24, 2.45) is 12.1 Å². The van der Waals surface area contributed by atoms with Crippen LogP contribution in [0, 0.1) is 0 Å². The second kappa shape index (κ2) is 7.19. The van der Waals surface area contributed by atoms with Gasteiger partial charge in [-0.05, 0) is 29.8 Å². The standard InChI is InChI=1S/C25H21N3O2/c1-27-21-15-9-8-14-19(21)24(29)23(25(27)30)20-16-22(17-10-4-2-5-11-17)28(26-20)18-12-6-3-7-13-18/h2-15,22,29H,16H2,1H3/t22-/m1/s1. The maximum atomic E-state index is 13.2. The molecule has 0 unspecified atom stereocenters. The molecule has 1 atom stereocenters. The van der Waals surface area contributed by atoms with E-state index in [4.69, 9.17) is 5.10 Å². The van der Waals surface area contributed by atoms with Crippen molar-refractivity contribution in [1.82, 2.24) is 4.57 Å². The van der Waals surface area contributed by atoms with E-state index >= 15 is 0 Å². The van der Waals surface area contributed by atoms with Crippen LogP contribution < -0.4 is 10.6 Å². The number of hydrazone groups is 1. The largest absolute Gasteiger partial charge is 0.506 e. The quantitative estimate of drug-likeness (QED) is 0.552. The molecule has 1 aliphatic heterocycles. The van der Waals surface area contributed by atoms with Gasteiger partial charge in [0.15, 0.2) is 0 Å². The normalized spacial score (nSPS) is 16.1. The van der Waals surface area contributed by atoms with Gasteiger partial charge in [0.1, 0.15) is 11.3 Å². The lowest BCUT2D eigenvalue weighted by molar-refractivity contribution is 0.478. The number of para-hydroxylation sites is 2. The first-order valence-electron chi connectivity index (χ1n) is 9.93. The van der Waals surface area contributed by atoms with Crippen LogP contribution in [-0.2, 0) is 7.05 Å². The summed E-state index contributed by atoms with van der Waals surface area (Å²) >= 11 is 0. The fourth-order valence-corrected chi connectivity index (χ4v) is 4.15. The third kappa shape index (κ3) is 2.87. The minimum atomic E-state index is -0.244. The molecule has 1 N–H and O–H groups in total. The topological polar surface area (TPSA) is 57.8 Å². The van der Waals surface area contributed by atoms with Crippen LogP contribution in [0.25, 0.3) is 10.9 Å². The van der Waals surface area contributed by atoms with Gasteiger partial charge in [-0.15, -0.1) is 0 Å². The van der Waals surface area contributed by atoms with Gasteiger partial charge in [-0.3, -0.25) is 9.80 Å². The molecule has 5 heteroatoms. The smallest absolute Gasteiger partial charge is 0.263 e. The zero-order valence-electron chi connectivity index (χ0n) is 16.6. The van der Waals surface area contributed by atoms with Gasteiger partial charge in [-0.2, -0.15) is 5.10 Å². The average molecular weight is 395 g/mol. The van der Waals surface area contributed by atoms with Crippen LogP contribution in [0.15, 0.2) is 94.8 Å². The Bertz CT molecular complexity index is 1310. The van der Waals surface area contributed by atoms with Crippen LogP contribution in [0.3, 0.4) is 0 Å². The molecule has 4 aromatic rings. The number of benzene rings is 3. The van der Waals surface area contributed by atoms with E-state index in [0.717, 1.165) is 11.3 Å². The highest BCUT2D eigenvalue weighted by molar-refractivity contribution is 6.08. The van der Waals surface area contributed by atoms with Crippen molar-refractivity contribution < 1.29 is 5.11 Å². The molecule has 0 bridgehead atoms. The molecule has 0 aliphatic carbocycles.